The van der Waals surface area contributed by atoms with E-state index < -0.39 is 0 Å². The Balaban J connectivity index is 1.70. The van der Waals surface area contributed by atoms with E-state index in [1.807, 2.05) is 19.1 Å². The molecule has 1 amide bonds. The fourth-order valence-corrected chi connectivity index (χ4v) is 3.60. The highest BCUT2D eigenvalue weighted by molar-refractivity contribution is 5.75. The summed E-state index contributed by atoms with van der Waals surface area (Å²) in [7, 11) is 0. The van der Waals surface area contributed by atoms with Crippen LogP contribution in [0.15, 0.2) is 48.5 Å². The Bertz CT molecular complexity index is 730. The number of carbonyl (C=O) groups is 1. The van der Waals surface area contributed by atoms with E-state index in [1.54, 1.807) is 0 Å². The number of nitrogens with two attached hydrogens (primary N) is 1. The van der Waals surface area contributed by atoms with Crippen LogP contribution < -0.4 is 15.8 Å². The van der Waals surface area contributed by atoms with Gasteiger partial charge in [0.2, 0.25) is 5.91 Å². The summed E-state index contributed by atoms with van der Waals surface area (Å²) in [5, 5.41) is 2.83. The van der Waals surface area contributed by atoms with Crippen molar-refractivity contribution in [1.29, 1.82) is 0 Å². The number of rotatable bonds is 7. The summed E-state index contributed by atoms with van der Waals surface area (Å²) < 4.78 is 5.85. The smallest absolute Gasteiger partial charge is 0.219 e. The molecule has 0 saturated carbocycles. The first-order valence-corrected chi connectivity index (χ1v) is 9.49. The molecule has 1 aliphatic rings. The molecule has 2 aromatic carbocycles. The number of aryl methyl sites for hydroxylation is 1. The zero-order valence-corrected chi connectivity index (χ0v) is 15.4. The standard InChI is InChI=1S/C22H28N2O2/c1-2-22(25)24-12-13-26-18-10-8-17-9-11-21(23)20(19(17)15-18)14-16-6-4-3-5-7-16/h3-8,10,15,20-21H,2,9,11-14,23H2,1H3,(H,24,25). The van der Waals surface area contributed by atoms with Gasteiger partial charge in [-0.2, -0.15) is 0 Å². The van der Waals surface area contributed by atoms with Gasteiger partial charge in [0.05, 0.1) is 6.54 Å². The van der Waals surface area contributed by atoms with Crippen molar-refractivity contribution in [3.05, 3.63) is 65.2 Å². The van der Waals surface area contributed by atoms with Crippen LogP contribution in [0.25, 0.3) is 0 Å². The first-order valence-electron chi connectivity index (χ1n) is 9.49. The van der Waals surface area contributed by atoms with Crippen molar-refractivity contribution < 1.29 is 9.53 Å². The third-order valence-electron chi connectivity index (χ3n) is 5.09. The SMILES string of the molecule is CCC(=O)NCCOc1ccc2c(c1)C(Cc1ccccc1)C(N)CC2. The minimum Gasteiger partial charge on any atom is -0.492 e. The Labute approximate surface area is 155 Å². The van der Waals surface area contributed by atoms with Gasteiger partial charge in [-0.25, -0.2) is 0 Å². The zero-order chi connectivity index (χ0) is 18.4. The largest absolute Gasteiger partial charge is 0.492 e. The predicted octanol–water partition coefficient (Wildman–Crippen LogP) is 3.19. The molecular formula is C22H28N2O2. The van der Waals surface area contributed by atoms with Crippen LogP contribution in [0.1, 0.15) is 42.4 Å². The van der Waals surface area contributed by atoms with Crippen molar-refractivity contribution in [2.75, 3.05) is 13.2 Å². The van der Waals surface area contributed by atoms with Gasteiger partial charge in [-0.3, -0.25) is 4.79 Å². The van der Waals surface area contributed by atoms with Gasteiger partial charge in [0, 0.05) is 18.4 Å². The number of hydrogen-bond acceptors (Lipinski definition) is 3. The highest BCUT2D eigenvalue weighted by Crippen LogP contribution is 2.35. The van der Waals surface area contributed by atoms with Crippen LogP contribution in [0.5, 0.6) is 5.75 Å². The second-order valence-electron chi connectivity index (χ2n) is 6.91. The molecular weight excluding hydrogens is 324 g/mol. The van der Waals surface area contributed by atoms with Crippen molar-refractivity contribution >= 4 is 5.91 Å². The van der Waals surface area contributed by atoms with Crippen LogP contribution in [-0.2, 0) is 17.6 Å². The number of benzene rings is 2. The molecule has 1 aliphatic carbocycles. The van der Waals surface area contributed by atoms with Crippen LogP contribution in [0.2, 0.25) is 0 Å². The predicted molar refractivity (Wildman–Crippen MR) is 104 cm³/mol. The van der Waals surface area contributed by atoms with E-state index in [1.165, 1.54) is 16.7 Å². The van der Waals surface area contributed by atoms with E-state index in [0.29, 0.717) is 25.5 Å². The van der Waals surface area contributed by atoms with Gasteiger partial charge in [0.1, 0.15) is 12.4 Å². The van der Waals surface area contributed by atoms with Gasteiger partial charge in [0.25, 0.3) is 0 Å². The summed E-state index contributed by atoms with van der Waals surface area (Å²) in [5.74, 6) is 1.21. The van der Waals surface area contributed by atoms with Crippen molar-refractivity contribution in [2.45, 2.75) is 44.6 Å². The molecule has 2 aromatic rings. The first-order chi connectivity index (χ1) is 12.7. The summed E-state index contributed by atoms with van der Waals surface area (Å²) in [6.07, 6.45) is 3.49. The van der Waals surface area contributed by atoms with Gasteiger partial charge in [-0.1, -0.05) is 43.3 Å². The number of amides is 1. The maximum Gasteiger partial charge on any atom is 0.219 e. The normalized spacial score (nSPS) is 18.8. The van der Waals surface area contributed by atoms with Gasteiger partial charge >= 0.3 is 0 Å². The lowest BCUT2D eigenvalue weighted by Crippen LogP contribution is -2.34. The summed E-state index contributed by atoms with van der Waals surface area (Å²) in [4.78, 5) is 11.3. The number of fused-ring (bicyclic) bond motifs is 1. The first kappa shape index (κ1) is 18.5. The van der Waals surface area contributed by atoms with E-state index in [2.05, 4.69) is 41.7 Å². The molecule has 0 fully saturated rings. The molecule has 0 saturated heterocycles. The van der Waals surface area contributed by atoms with Gasteiger partial charge < -0.3 is 15.8 Å². The Morgan fingerprint density at radius 2 is 2.04 bits per heavy atom. The molecule has 0 spiro atoms. The quantitative estimate of drug-likeness (QED) is 0.752. The third kappa shape index (κ3) is 4.64. The highest BCUT2D eigenvalue weighted by Gasteiger charge is 2.27. The maximum absolute atomic E-state index is 11.3. The number of nitrogens with one attached hydrogen (secondary N) is 1. The minimum absolute atomic E-state index is 0.0490. The second kappa shape index (κ2) is 8.86. The number of hydrogen-bond donors (Lipinski definition) is 2. The van der Waals surface area contributed by atoms with Crippen LogP contribution in [0.4, 0.5) is 0 Å². The van der Waals surface area contributed by atoms with Gasteiger partial charge in [-0.05, 0) is 48.1 Å². The fraction of sp³-hybridized carbons (Fsp3) is 0.409. The third-order valence-corrected chi connectivity index (χ3v) is 5.09. The number of ether oxygens (including phenoxy) is 1. The Hall–Kier alpha value is -2.33. The summed E-state index contributed by atoms with van der Waals surface area (Å²) >= 11 is 0. The monoisotopic (exact) mass is 352 g/mol. The van der Waals surface area contributed by atoms with Crippen molar-refractivity contribution in [1.82, 2.24) is 5.32 Å². The molecule has 26 heavy (non-hydrogen) atoms. The summed E-state index contributed by atoms with van der Waals surface area (Å²) in [6, 6.07) is 17.0. The lowest BCUT2D eigenvalue weighted by atomic mass is 9.76. The number of carbonyl (C=O) groups excluding carboxylic acids is 1. The van der Waals surface area contributed by atoms with E-state index in [0.717, 1.165) is 25.0 Å². The Kier molecular flexibility index (Phi) is 6.29. The fourth-order valence-electron chi connectivity index (χ4n) is 3.60. The molecule has 2 unspecified atom stereocenters. The molecule has 4 nitrogen and oxygen atoms in total. The van der Waals surface area contributed by atoms with E-state index in [4.69, 9.17) is 10.5 Å². The Morgan fingerprint density at radius 1 is 1.23 bits per heavy atom. The molecule has 0 radical (unpaired) electrons. The van der Waals surface area contributed by atoms with Gasteiger partial charge in [0.15, 0.2) is 0 Å². The van der Waals surface area contributed by atoms with E-state index >= 15 is 0 Å². The lowest BCUT2D eigenvalue weighted by Gasteiger charge is -2.32. The topological polar surface area (TPSA) is 64.3 Å². The average Bonchev–Trinajstić information content (AvgIpc) is 2.68. The van der Waals surface area contributed by atoms with Crippen LogP contribution in [-0.4, -0.2) is 25.1 Å². The van der Waals surface area contributed by atoms with Crippen molar-refractivity contribution in [3.63, 3.8) is 0 Å². The Morgan fingerprint density at radius 3 is 2.81 bits per heavy atom. The summed E-state index contributed by atoms with van der Waals surface area (Å²) in [5.41, 5.74) is 10.5. The van der Waals surface area contributed by atoms with Crippen LogP contribution >= 0.6 is 0 Å². The molecule has 0 aromatic heterocycles. The van der Waals surface area contributed by atoms with Crippen LogP contribution in [0.3, 0.4) is 0 Å². The average molecular weight is 352 g/mol. The molecule has 0 heterocycles. The van der Waals surface area contributed by atoms with Crippen molar-refractivity contribution in [3.8, 4) is 5.75 Å². The molecule has 3 rings (SSSR count). The molecule has 2 atom stereocenters. The van der Waals surface area contributed by atoms with E-state index in [9.17, 15) is 4.79 Å². The molecule has 0 aliphatic heterocycles. The molecule has 3 N–H and O–H groups in total. The summed E-state index contributed by atoms with van der Waals surface area (Å²) in [6.45, 7) is 2.84. The van der Waals surface area contributed by atoms with E-state index in [-0.39, 0.29) is 11.9 Å². The molecule has 4 heteroatoms. The molecule has 0 bridgehead atoms. The van der Waals surface area contributed by atoms with Crippen molar-refractivity contribution in [2.24, 2.45) is 5.73 Å². The lowest BCUT2D eigenvalue weighted by molar-refractivity contribution is -0.120. The van der Waals surface area contributed by atoms with Gasteiger partial charge in [-0.15, -0.1) is 0 Å². The second-order valence-corrected chi connectivity index (χ2v) is 6.91. The maximum atomic E-state index is 11.3. The molecule has 138 valence electrons. The van der Waals surface area contributed by atoms with Crippen LogP contribution in [0, 0.1) is 0 Å². The minimum atomic E-state index is 0.0490. The highest BCUT2D eigenvalue weighted by atomic mass is 16.5. The zero-order valence-electron chi connectivity index (χ0n) is 15.4.